The molecule has 2 fully saturated rings. The number of hydrogen-bond acceptors (Lipinski definition) is 2. The number of halogens is 1. The van der Waals surface area contributed by atoms with Crippen LogP contribution in [0.4, 0.5) is 10.1 Å². The van der Waals surface area contributed by atoms with E-state index in [0.717, 1.165) is 47.9 Å². The second-order valence-electron chi connectivity index (χ2n) is 8.70. The minimum Gasteiger partial charge on any atom is -0.508 e. The fourth-order valence-electron chi connectivity index (χ4n) is 3.98. The summed E-state index contributed by atoms with van der Waals surface area (Å²) < 4.78 is 14.6. The number of benzene rings is 2. The molecule has 2 aliphatic carbocycles. The molecule has 0 bridgehead atoms. The van der Waals surface area contributed by atoms with E-state index in [-0.39, 0.29) is 22.9 Å². The number of aryl methyl sites for hydroxylation is 1. The Morgan fingerprint density at radius 2 is 1.89 bits per heavy atom. The number of aromatic amines is 1. The van der Waals surface area contributed by atoms with Crippen LogP contribution in [0.15, 0.2) is 36.4 Å². The molecule has 4 nitrogen and oxygen atoms in total. The van der Waals surface area contributed by atoms with Crippen molar-refractivity contribution in [3.05, 3.63) is 59.0 Å². The Bertz CT molecular complexity index is 1120. The van der Waals surface area contributed by atoms with Crippen LogP contribution in [0, 0.1) is 12.7 Å². The highest BCUT2D eigenvalue weighted by molar-refractivity contribution is 6.02. The molecular formula is C23H23FN2O2. The first kappa shape index (κ1) is 17.3. The van der Waals surface area contributed by atoms with Gasteiger partial charge in [0.05, 0.1) is 10.9 Å². The number of H-pyrrole nitrogens is 1. The quantitative estimate of drug-likeness (QED) is 0.595. The predicted molar refractivity (Wildman–Crippen MR) is 107 cm³/mol. The molecule has 0 spiro atoms. The molecule has 5 rings (SSSR count). The van der Waals surface area contributed by atoms with Crippen LogP contribution in [-0.2, 0) is 15.6 Å². The number of hydrogen-bond donors (Lipinski definition) is 3. The van der Waals surface area contributed by atoms with E-state index < -0.39 is 5.41 Å². The van der Waals surface area contributed by atoms with Crippen LogP contribution < -0.4 is 5.32 Å². The highest BCUT2D eigenvalue weighted by Crippen LogP contribution is 2.50. The molecule has 3 aromatic rings. The van der Waals surface area contributed by atoms with Crippen molar-refractivity contribution in [2.24, 2.45) is 0 Å². The van der Waals surface area contributed by atoms with E-state index in [4.69, 9.17) is 0 Å². The number of carbonyl (C=O) groups excluding carboxylic acids is 1. The van der Waals surface area contributed by atoms with E-state index >= 15 is 0 Å². The van der Waals surface area contributed by atoms with Crippen molar-refractivity contribution in [3.63, 3.8) is 0 Å². The first-order chi connectivity index (χ1) is 13.3. The molecule has 28 heavy (non-hydrogen) atoms. The summed E-state index contributed by atoms with van der Waals surface area (Å²) in [7, 11) is 0. The summed E-state index contributed by atoms with van der Waals surface area (Å²) >= 11 is 0. The van der Waals surface area contributed by atoms with Crippen molar-refractivity contribution < 1.29 is 14.3 Å². The van der Waals surface area contributed by atoms with E-state index in [9.17, 15) is 14.3 Å². The third-order valence-corrected chi connectivity index (χ3v) is 6.53. The largest absolute Gasteiger partial charge is 0.508 e. The minimum absolute atomic E-state index is 0.125. The maximum atomic E-state index is 14.6. The van der Waals surface area contributed by atoms with Gasteiger partial charge in [0.1, 0.15) is 11.6 Å². The van der Waals surface area contributed by atoms with Gasteiger partial charge in [-0.25, -0.2) is 4.39 Å². The second-order valence-corrected chi connectivity index (χ2v) is 8.70. The SMILES string of the molecule is Cc1ccc(C2(C(=O)Nc3cc(F)c4[nH]c(C5(C)CC5)cc4c3)CC2)cc1O. The Hall–Kier alpha value is -2.82. The second kappa shape index (κ2) is 5.60. The standard InChI is InChI=1S/C23H23FN2O2/c1-13-3-4-15(11-18(13)27)23(7-8-23)21(28)25-16-9-14-10-19(22(2)5-6-22)26-20(14)17(24)12-16/h3-4,9-12,26-27H,5-8H2,1-2H3,(H,25,28). The zero-order valence-electron chi connectivity index (χ0n) is 16.0. The maximum absolute atomic E-state index is 14.6. The lowest BCUT2D eigenvalue weighted by Crippen LogP contribution is -2.27. The molecule has 2 aliphatic rings. The van der Waals surface area contributed by atoms with Gasteiger partial charge < -0.3 is 15.4 Å². The van der Waals surface area contributed by atoms with Gasteiger partial charge in [-0.1, -0.05) is 19.1 Å². The van der Waals surface area contributed by atoms with Crippen molar-refractivity contribution >= 4 is 22.5 Å². The Balaban J connectivity index is 1.44. The number of aromatic nitrogens is 1. The normalized spacial score (nSPS) is 18.8. The average molecular weight is 378 g/mol. The van der Waals surface area contributed by atoms with Gasteiger partial charge in [-0.05, 0) is 68.0 Å². The maximum Gasteiger partial charge on any atom is 0.235 e. The van der Waals surface area contributed by atoms with Gasteiger partial charge in [-0.2, -0.15) is 0 Å². The van der Waals surface area contributed by atoms with Crippen LogP contribution in [0.3, 0.4) is 0 Å². The average Bonchev–Trinajstić information content (AvgIpc) is 3.56. The van der Waals surface area contributed by atoms with Gasteiger partial charge >= 0.3 is 0 Å². The zero-order valence-corrected chi connectivity index (χ0v) is 16.0. The Morgan fingerprint density at radius 1 is 1.14 bits per heavy atom. The third kappa shape index (κ3) is 2.60. The van der Waals surface area contributed by atoms with E-state index in [1.54, 1.807) is 6.07 Å². The zero-order chi connectivity index (χ0) is 19.7. The Morgan fingerprint density at radius 3 is 2.54 bits per heavy atom. The fourth-order valence-corrected chi connectivity index (χ4v) is 3.98. The highest BCUT2D eigenvalue weighted by atomic mass is 19.1. The van der Waals surface area contributed by atoms with Crippen LogP contribution in [0.5, 0.6) is 5.75 Å². The molecule has 2 saturated carbocycles. The molecule has 2 aromatic carbocycles. The topological polar surface area (TPSA) is 65.1 Å². The van der Waals surface area contributed by atoms with Crippen molar-refractivity contribution in [2.45, 2.75) is 50.4 Å². The Labute approximate surface area is 162 Å². The number of fused-ring (bicyclic) bond motifs is 1. The predicted octanol–water partition coefficient (Wildman–Crippen LogP) is 5.04. The lowest BCUT2D eigenvalue weighted by atomic mass is 9.93. The smallest absolute Gasteiger partial charge is 0.235 e. The molecule has 144 valence electrons. The summed E-state index contributed by atoms with van der Waals surface area (Å²) in [5.74, 6) is -0.321. The summed E-state index contributed by atoms with van der Waals surface area (Å²) in [5.41, 5.74) is 3.08. The first-order valence-electron chi connectivity index (χ1n) is 9.75. The van der Waals surface area contributed by atoms with Crippen molar-refractivity contribution in [3.8, 4) is 5.75 Å². The van der Waals surface area contributed by atoms with Crippen LogP contribution in [0.1, 0.15) is 49.4 Å². The van der Waals surface area contributed by atoms with Crippen molar-refractivity contribution in [1.29, 1.82) is 0 Å². The van der Waals surface area contributed by atoms with Gasteiger partial charge in [-0.3, -0.25) is 4.79 Å². The van der Waals surface area contributed by atoms with Crippen LogP contribution in [0.2, 0.25) is 0 Å². The van der Waals surface area contributed by atoms with Gasteiger partial charge in [0.25, 0.3) is 0 Å². The third-order valence-electron chi connectivity index (χ3n) is 6.53. The number of rotatable bonds is 4. The molecule has 3 N–H and O–H groups in total. The van der Waals surface area contributed by atoms with E-state index in [0.29, 0.717) is 11.2 Å². The summed E-state index contributed by atoms with van der Waals surface area (Å²) in [6, 6.07) is 10.6. The number of phenols is 1. The first-order valence-corrected chi connectivity index (χ1v) is 9.75. The Kier molecular flexibility index (Phi) is 3.46. The molecule has 0 saturated heterocycles. The lowest BCUT2D eigenvalue weighted by molar-refractivity contribution is -0.118. The fraction of sp³-hybridized carbons (Fsp3) is 0.348. The molecule has 5 heteroatoms. The molecule has 0 unspecified atom stereocenters. The van der Waals surface area contributed by atoms with Crippen LogP contribution in [-0.4, -0.2) is 16.0 Å². The number of anilines is 1. The summed E-state index contributed by atoms with van der Waals surface area (Å²) in [4.78, 5) is 16.2. The van der Waals surface area contributed by atoms with Crippen LogP contribution >= 0.6 is 0 Å². The van der Waals surface area contributed by atoms with Gasteiger partial charge in [-0.15, -0.1) is 0 Å². The van der Waals surface area contributed by atoms with E-state index in [1.165, 1.54) is 6.07 Å². The number of amides is 1. The minimum atomic E-state index is -0.637. The lowest BCUT2D eigenvalue weighted by Gasteiger charge is -2.17. The van der Waals surface area contributed by atoms with Crippen LogP contribution in [0.25, 0.3) is 10.9 Å². The summed E-state index contributed by atoms with van der Waals surface area (Å²) in [6.45, 7) is 4.00. The highest BCUT2D eigenvalue weighted by Gasteiger charge is 2.51. The molecule has 0 atom stereocenters. The van der Waals surface area contributed by atoms with Gasteiger partial charge in [0.15, 0.2) is 0 Å². The summed E-state index contributed by atoms with van der Waals surface area (Å²) in [5, 5.41) is 13.7. The molecule has 1 heterocycles. The molecule has 0 radical (unpaired) electrons. The number of carbonyl (C=O) groups is 1. The number of nitrogens with one attached hydrogen (secondary N) is 2. The molecule has 1 amide bonds. The number of phenolic OH excluding ortho intramolecular Hbond substituents is 1. The monoisotopic (exact) mass is 378 g/mol. The molecule has 1 aromatic heterocycles. The van der Waals surface area contributed by atoms with Crippen molar-refractivity contribution in [2.75, 3.05) is 5.32 Å². The molecular weight excluding hydrogens is 355 g/mol. The van der Waals surface area contributed by atoms with Gasteiger partial charge in [0.2, 0.25) is 5.91 Å². The van der Waals surface area contributed by atoms with Gasteiger partial charge in [0, 0.05) is 22.2 Å². The molecule has 0 aliphatic heterocycles. The van der Waals surface area contributed by atoms with Crippen molar-refractivity contribution in [1.82, 2.24) is 4.98 Å². The van der Waals surface area contributed by atoms with E-state index in [2.05, 4.69) is 17.2 Å². The number of aromatic hydroxyl groups is 1. The summed E-state index contributed by atoms with van der Waals surface area (Å²) in [6.07, 6.45) is 3.66. The van der Waals surface area contributed by atoms with E-state index in [1.807, 2.05) is 31.2 Å².